The number of sulfonamides is 1. The van der Waals surface area contributed by atoms with Gasteiger partial charge in [0.25, 0.3) is 5.91 Å². The maximum Gasteiger partial charge on any atom is 0.260 e. The monoisotopic (exact) mass is 340 g/mol. The first kappa shape index (κ1) is 17.7. The van der Waals surface area contributed by atoms with Crippen LogP contribution in [0.2, 0.25) is 0 Å². The highest BCUT2D eigenvalue weighted by Crippen LogP contribution is 2.23. The Morgan fingerprint density at radius 2 is 1.70 bits per heavy atom. The molecule has 0 aromatic heterocycles. The summed E-state index contributed by atoms with van der Waals surface area (Å²) in [4.78, 5) is 12.1. The molecule has 1 saturated heterocycles. The molecule has 0 radical (unpaired) electrons. The SMILES string of the molecule is CC(C)NC(=O)[C@H](C)Oc1ccc(S(=O)(=O)N2CCCC2)cc1. The zero-order valence-electron chi connectivity index (χ0n) is 13.8. The standard InChI is InChI=1S/C16H24N2O4S/c1-12(2)17-16(19)13(3)22-14-6-8-15(9-7-14)23(20,21)18-10-4-5-11-18/h6-9,12-13H,4-5,10-11H2,1-3H3,(H,17,19)/t13-/m0/s1. The van der Waals surface area contributed by atoms with Crippen molar-refractivity contribution in [1.82, 2.24) is 9.62 Å². The van der Waals surface area contributed by atoms with Crippen LogP contribution in [0.5, 0.6) is 5.75 Å². The molecule has 1 aliphatic heterocycles. The van der Waals surface area contributed by atoms with Crippen molar-refractivity contribution in [2.45, 2.75) is 50.7 Å². The number of carbonyl (C=O) groups is 1. The maximum atomic E-state index is 12.4. The highest BCUT2D eigenvalue weighted by molar-refractivity contribution is 7.89. The zero-order valence-corrected chi connectivity index (χ0v) is 14.6. The molecule has 1 aliphatic rings. The van der Waals surface area contributed by atoms with E-state index in [0.29, 0.717) is 18.8 Å². The lowest BCUT2D eigenvalue weighted by molar-refractivity contribution is -0.127. The molecule has 1 aromatic rings. The van der Waals surface area contributed by atoms with E-state index in [1.165, 1.54) is 16.4 Å². The first-order chi connectivity index (χ1) is 10.8. The fourth-order valence-corrected chi connectivity index (χ4v) is 3.94. The summed E-state index contributed by atoms with van der Waals surface area (Å²) in [6.07, 6.45) is 1.17. The number of hydrogen-bond donors (Lipinski definition) is 1. The predicted molar refractivity (Wildman–Crippen MR) is 87.8 cm³/mol. The number of hydrogen-bond acceptors (Lipinski definition) is 4. The van der Waals surface area contributed by atoms with E-state index in [0.717, 1.165) is 12.8 Å². The molecule has 7 heteroatoms. The Kier molecular flexibility index (Phi) is 5.64. The molecule has 1 aromatic carbocycles. The molecule has 1 N–H and O–H groups in total. The Labute approximate surface area is 137 Å². The summed E-state index contributed by atoms with van der Waals surface area (Å²) >= 11 is 0. The number of rotatable bonds is 6. The van der Waals surface area contributed by atoms with E-state index in [9.17, 15) is 13.2 Å². The Bertz CT molecular complexity index is 635. The van der Waals surface area contributed by atoms with Gasteiger partial charge < -0.3 is 10.1 Å². The lowest BCUT2D eigenvalue weighted by Crippen LogP contribution is -2.40. The van der Waals surface area contributed by atoms with Crippen molar-refractivity contribution in [3.05, 3.63) is 24.3 Å². The van der Waals surface area contributed by atoms with Gasteiger partial charge in [-0.2, -0.15) is 4.31 Å². The molecular formula is C16H24N2O4S. The molecule has 0 saturated carbocycles. The Balaban J connectivity index is 2.03. The molecule has 1 atom stereocenters. The predicted octanol–water partition coefficient (Wildman–Crippen LogP) is 1.76. The van der Waals surface area contributed by atoms with Gasteiger partial charge in [0.2, 0.25) is 10.0 Å². The second-order valence-corrected chi connectivity index (χ2v) is 7.94. The molecule has 0 bridgehead atoms. The minimum absolute atomic E-state index is 0.0431. The van der Waals surface area contributed by atoms with Gasteiger partial charge in [0.15, 0.2) is 6.10 Å². The smallest absolute Gasteiger partial charge is 0.260 e. The molecular weight excluding hydrogens is 316 g/mol. The molecule has 6 nitrogen and oxygen atoms in total. The summed E-state index contributed by atoms with van der Waals surface area (Å²) in [5.74, 6) is 0.269. The summed E-state index contributed by atoms with van der Waals surface area (Å²) in [7, 11) is -3.42. The van der Waals surface area contributed by atoms with E-state index in [1.807, 2.05) is 13.8 Å². The molecule has 128 valence electrons. The first-order valence-corrected chi connectivity index (χ1v) is 9.32. The van der Waals surface area contributed by atoms with Gasteiger partial charge in [-0.15, -0.1) is 0 Å². The summed E-state index contributed by atoms with van der Waals surface area (Å²) in [6.45, 7) is 6.57. The average molecular weight is 340 g/mol. The van der Waals surface area contributed by atoms with Crippen LogP contribution in [0.4, 0.5) is 0 Å². The van der Waals surface area contributed by atoms with E-state index >= 15 is 0 Å². The van der Waals surface area contributed by atoms with E-state index in [4.69, 9.17) is 4.74 Å². The third-order valence-corrected chi connectivity index (χ3v) is 5.55. The van der Waals surface area contributed by atoms with Crippen LogP contribution >= 0.6 is 0 Å². The van der Waals surface area contributed by atoms with Gasteiger partial charge in [-0.1, -0.05) is 0 Å². The largest absolute Gasteiger partial charge is 0.481 e. The third-order valence-electron chi connectivity index (χ3n) is 3.64. The van der Waals surface area contributed by atoms with Gasteiger partial charge >= 0.3 is 0 Å². The fraction of sp³-hybridized carbons (Fsp3) is 0.562. The fourth-order valence-electron chi connectivity index (χ4n) is 2.43. The van der Waals surface area contributed by atoms with Crippen molar-refractivity contribution in [3.8, 4) is 5.75 Å². The summed E-state index contributed by atoms with van der Waals surface area (Å²) in [5, 5.41) is 2.77. The number of nitrogens with zero attached hydrogens (tertiary/aromatic N) is 1. The van der Waals surface area contributed by atoms with Gasteiger partial charge in [0.1, 0.15) is 5.75 Å². The summed E-state index contributed by atoms with van der Waals surface area (Å²) in [5.41, 5.74) is 0. The second kappa shape index (κ2) is 7.31. The lowest BCUT2D eigenvalue weighted by atomic mass is 10.3. The van der Waals surface area contributed by atoms with Crippen LogP contribution in [-0.2, 0) is 14.8 Å². The first-order valence-electron chi connectivity index (χ1n) is 7.88. The number of ether oxygens (including phenoxy) is 1. The highest BCUT2D eigenvalue weighted by atomic mass is 32.2. The van der Waals surface area contributed by atoms with Gasteiger partial charge in [0, 0.05) is 19.1 Å². The van der Waals surface area contributed by atoms with Crippen molar-refractivity contribution >= 4 is 15.9 Å². The second-order valence-electron chi connectivity index (χ2n) is 6.01. The maximum absolute atomic E-state index is 12.4. The molecule has 1 fully saturated rings. The molecule has 0 aliphatic carbocycles. The van der Waals surface area contributed by atoms with Crippen LogP contribution < -0.4 is 10.1 Å². The van der Waals surface area contributed by atoms with Gasteiger partial charge in [-0.05, 0) is 57.9 Å². The van der Waals surface area contributed by atoms with Crippen molar-refractivity contribution in [2.75, 3.05) is 13.1 Å². The minimum Gasteiger partial charge on any atom is -0.481 e. The van der Waals surface area contributed by atoms with Gasteiger partial charge in [0.05, 0.1) is 4.90 Å². The zero-order chi connectivity index (χ0) is 17.0. The minimum atomic E-state index is -3.42. The topological polar surface area (TPSA) is 75.7 Å². The summed E-state index contributed by atoms with van der Waals surface area (Å²) < 4.78 is 31.9. The Hall–Kier alpha value is -1.60. The number of carbonyl (C=O) groups excluding carboxylic acids is 1. The van der Waals surface area contributed by atoms with Gasteiger partial charge in [-0.3, -0.25) is 4.79 Å². The number of amides is 1. The van der Waals surface area contributed by atoms with E-state index in [2.05, 4.69) is 5.32 Å². The quantitative estimate of drug-likeness (QED) is 0.856. The van der Waals surface area contributed by atoms with Crippen molar-refractivity contribution in [2.24, 2.45) is 0 Å². The number of benzene rings is 1. The van der Waals surface area contributed by atoms with Crippen molar-refractivity contribution in [3.63, 3.8) is 0 Å². The molecule has 23 heavy (non-hydrogen) atoms. The lowest BCUT2D eigenvalue weighted by Gasteiger charge is -2.18. The van der Waals surface area contributed by atoms with Crippen LogP contribution in [0, 0.1) is 0 Å². The third kappa shape index (κ3) is 4.45. The van der Waals surface area contributed by atoms with E-state index < -0.39 is 16.1 Å². The Morgan fingerprint density at radius 3 is 2.22 bits per heavy atom. The molecule has 2 rings (SSSR count). The summed E-state index contributed by atoms with van der Waals surface area (Å²) in [6, 6.07) is 6.26. The molecule has 0 spiro atoms. The van der Waals surface area contributed by atoms with Crippen LogP contribution in [0.15, 0.2) is 29.2 Å². The molecule has 1 heterocycles. The van der Waals surface area contributed by atoms with Crippen LogP contribution in [-0.4, -0.2) is 43.9 Å². The molecule has 0 unspecified atom stereocenters. The number of nitrogens with one attached hydrogen (secondary N) is 1. The van der Waals surface area contributed by atoms with E-state index in [1.54, 1.807) is 19.1 Å². The van der Waals surface area contributed by atoms with Crippen LogP contribution in [0.1, 0.15) is 33.6 Å². The Morgan fingerprint density at radius 1 is 1.13 bits per heavy atom. The average Bonchev–Trinajstić information content (AvgIpc) is 3.02. The van der Waals surface area contributed by atoms with E-state index in [-0.39, 0.29) is 16.8 Å². The normalized spacial score (nSPS) is 17.2. The van der Waals surface area contributed by atoms with Crippen LogP contribution in [0.3, 0.4) is 0 Å². The van der Waals surface area contributed by atoms with Crippen molar-refractivity contribution < 1.29 is 17.9 Å². The van der Waals surface area contributed by atoms with Crippen LogP contribution in [0.25, 0.3) is 0 Å². The van der Waals surface area contributed by atoms with Crippen molar-refractivity contribution in [1.29, 1.82) is 0 Å². The molecule has 1 amide bonds. The highest BCUT2D eigenvalue weighted by Gasteiger charge is 2.27. The van der Waals surface area contributed by atoms with Gasteiger partial charge in [-0.25, -0.2) is 8.42 Å².